The fourth-order valence-electron chi connectivity index (χ4n) is 1.47. The smallest absolute Gasteiger partial charge is 0.350 e. The van der Waals surface area contributed by atoms with Crippen LogP contribution in [-0.4, -0.2) is 34.9 Å². The average Bonchev–Trinajstić information content (AvgIpc) is 2.95. The molecule has 1 saturated heterocycles. The fraction of sp³-hybridized carbons (Fsp3) is 0.455. The molecule has 0 spiro atoms. The lowest BCUT2D eigenvalue weighted by Crippen LogP contribution is -2.19. The first-order valence-corrected chi connectivity index (χ1v) is 7.42. The van der Waals surface area contributed by atoms with Crippen LogP contribution in [0, 0.1) is 0 Å². The predicted octanol–water partition coefficient (Wildman–Crippen LogP) is 1.90. The molecule has 0 aliphatic carbocycles. The monoisotopic (exact) mass is 299 g/mol. The molecule has 1 aromatic rings. The number of carbonyl (C=O) groups is 2. The van der Waals surface area contributed by atoms with Gasteiger partial charge in [-0.15, -0.1) is 0 Å². The Kier molecular flexibility index (Phi) is 4.20. The first-order valence-electron chi connectivity index (χ1n) is 5.61. The summed E-state index contributed by atoms with van der Waals surface area (Å²) in [6, 6.07) is 0. The molecular weight excluding hydrogens is 286 g/mol. The number of rotatable bonds is 3. The van der Waals surface area contributed by atoms with Crippen LogP contribution in [0.5, 0.6) is 0 Å². The third kappa shape index (κ3) is 3.13. The highest BCUT2D eigenvalue weighted by molar-refractivity contribution is 8.15. The number of aromatic nitrogens is 1. The largest absolute Gasteiger partial charge is 0.465 e. The molecule has 0 aromatic carbocycles. The van der Waals surface area contributed by atoms with Crippen molar-refractivity contribution in [1.82, 2.24) is 10.3 Å². The van der Waals surface area contributed by atoms with Crippen LogP contribution in [0.1, 0.15) is 35.1 Å². The van der Waals surface area contributed by atoms with E-state index in [1.165, 1.54) is 30.2 Å². The zero-order valence-electron chi connectivity index (χ0n) is 10.7. The number of methoxy groups -OCH3 is 1. The van der Waals surface area contributed by atoms with Gasteiger partial charge in [0.2, 0.25) is 11.0 Å². The Hall–Kier alpha value is -1.41. The normalized spacial score (nSPS) is 17.1. The van der Waals surface area contributed by atoms with Crippen molar-refractivity contribution in [2.24, 2.45) is 4.99 Å². The number of aliphatic imine (C=N–C) groups is 1. The van der Waals surface area contributed by atoms with Crippen LogP contribution in [0.2, 0.25) is 0 Å². The van der Waals surface area contributed by atoms with Crippen LogP contribution in [0.3, 0.4) is 0 Å². The highest BCUT2D eigenvalue weighted by Crippen LogP contribution is 2.31. The van der Waals surface area contributed by atoms with Crippen molar-refractivity contribution in [2.45, 2.75) is 19.8 Å². The van der Waals surface area contributed by atoms with Crippen LogP contribution in [0.4, 0.5) is 5.13 Å². The molecule has 0 unspecified atom stereocenters. The molecule has 1 N–H and O–H groups in total. The number of thioether (sulfide) groups is 1. The van der Waals surface area contributed by atoms with E-state index in [0.717, 1.165) is 0 Å². The maximum atomic E-state index is 11.7. The summed E-state index contributed by atoms with van der Waals surface area (Å²) in [6.07, 6.45) is 0. The van der Waals surface area contributed by atoms with E-state index in [1.807, 2.05) is 13.8 Å². The first kappa shape index (κ1) is 14.0. The molecule has 1 aliphatic heterocycles. The Bertz CT molecular complexity index is 551. The second-order valence-electron chi connectivity index (χ2n) is 4.11. The number of thiazole rings is 1. The number of hydrogen-bond donors (Lipinski definition) is 1. The van der Waals surface area contributed by atoms with E-state index in [4.69, 9.17) is 4.74 Å². The van der Waals surface area contributed by atoms with Gasteiger partial charge in [0.25, 0.3) is 0 Å². The minimum atomic E-state index is -0.407. The Labute approximate surface area is 118 Å². The van der Waals surface area contributed by atoms with Crippen molar-refractivity contribution in [3.05, 3.63) is 10.6 Å². The number of esters is 1. The third-order valence-corrected chi connectivity index (χ3v) is 4.16. The van der Waals surface area contributed by atoms with Gasteiger partial charge < -0.3 is 10.1 Å². The van der Waals surface area contributed by atoms with Gasteiger partial charge in [0, 0.05) is 0 Å². The highest BCUT2D eigenvalue weighted by Gasteiger charge is 2.22. The molecule has 0 radical (unpaired) electrons. The quantitative estimate of drug-likeness (QED) is 0.862. The van der Waals surface area contributed by atoms with Crippen molar-refractivity contribution in [3.63, 3.8) is 0 Å². The summed E-state index contributed by atoms with van der Waals surface area (Å²) >= 11 is 2.49. The summed E-state index contributed by atoms with van der Waals surface area (Å²) in [7, 11) is 1.34. The summed E-state index contributed by atoms with van der Waals surface area (Å²) in [6.45, 7) is 3.90. The number of nitrogens with one attached hydrogen (secondary N) is 1. The van der Waals surface area contributed by atoms with Gasteiger partial charge in [-0.25, -0.2) is 9.78 Å². The molecule has 1 amide bonds. The molecule has 0 saturated carbocycles. The van der Waals surface area contributed by atoms with E-state index < -0.39 is 5.97 Å². The standard InChI is InChI=1S/C11H13N3O3S2/c1-5(2)7-8(9(16)17-3)19-11(13-7)14-10-12-6(15)4-18-10/h5H,4H2,1-3H3,(H,12,13,14,15). The lowest BCUT2D eigenvalue weighted by Gasteiger charge is -2.02. The number of amidine groups is 1. The Morgan fingerprint density at radius 3 is 2.79 bits per heavy atom. The van der Waals surface area contributed by atoms with Crippen LogP contribution < -0.4 is 5.32 Å². The zero-order chi connectivity index (χ0) is 14.0. The Morgan fingerprint density at radius 2 is 2.26 bits per heavy atom. The maximum absolute atomic E-state index is 11.7. The minimum Gasteiger partial charge on any atom is -0.465 e. The van der Waals surface area contributed by atoms with E-state index in [2.05, 4.69) is 15.3 Å². The number of hydrogen-bond acceptors (Lipinski definition) is 7. The molecule has 1 aliphatic rings. The SMILES string of the molecule is COC(=O)c1sc(N=C2NC(=O)CS2)nc1C(C)C. The summed E-state index contributed by atoms with van der Waals surface area (Å²) in [5, 5.41) is 3.60. The van der Waals surface area contributed by atoms with E-state index >= 15 is 0 Å². The number of carbonyl (C=O) groups excluding carboxylic acids is 2. The fourth-order valence-corrected chi connectivity index (χ4v) is 3.22. The summed E-state index contributed by atoms with van der Waals surface area (Å²) in [5.41, 5.74) is 0.672. The molecule has 102 valence electrons. The van der Waals surface area contributed by atoms with E-state index in [1.54, 1.807) is 0 Å². The molecule has 2 rings (SSSR count). The van der Waals surface area contributed by atoms with Crippen molar-refractivity contribution >= 4 is 45.3 Å². The second-order valence-corrected chi connectivity index (χ2v) is 6.05. The topological polar surface area (TPSA) is 80.6 Å². The second kappa shape index (κ2) is 5.70. The molecule has 19 heavy (non-hydrogen) atoms. The van der Waals surface area contributed by atoms with Crippen LogP contribution in [0.15, 0.2) is 4.99 Å². The lowest BCUT2D eigenvalue weighted by molar-refractivity contribution is -0.116. The van der Waals surface area contributed by atoms with Crippen molar-refractivity contribution in [1.29, 1.82) is 0 Å². The van der Waals surface area contributed by atoms with Gasteiger partial charge in [0.1, 0.15) is 4.88 Å². The summed E-state index contributed by atoms with van der Waals surface area (Å²) in [5.74, 6) is -0.0102. The average molecular weight is 299 g/mol. The number of ether oxygens (including phenoxy) is 1. The summed E-state index contributed by atoms with van der Waals surface area (Å²) in [4.78, 5) is 31.8. The van der Waals surface area contributed by atoms with Gasteiger partial charge in [-0.1, -0.05) is 36.9 Å². The van der Waals surface area contributed by atoms with Crippen LogP contribution in [0.25, 0.3) is 0 Å². The zero-order valence-corrected chi connectivity index (χ0v) is 12.4. The van der Waals surface area contributed by atoms with Gasteiger partial charge in [0.05, 0.1) is 18.6 Å². The van der Waals surface area contributed by atoms with Gasteiger partial charge in [-0.05, 0) is 5.92 Å². The van der Waals surface area contributed by atoms with Crippen LogP contribution >= 0.6 is 23.1 Å². The molecule has 1 aromatic heterocycles. The Balaban J connectivity index is 2.32. The molecule has 6 nitrogen and oxygen atoms in total. The number of nitrogens with zero attached hydrogens (tertiary/aromatic N) is 2. The van der Waals surface area contributed by atoms with Gasteiger partial charge in [-0.2, -0.15) is 4.99 Å². The van der Waals surface area contributed by atoms with Crippen molar-refractivity contribution < 1.29 is 14.3 Å². The van der Waals surface area contributed by atoms with E-state index in [-0.39, 0.29) is 11.8 Å². The Morgan fingerprint density at radius 1 is 1.53 bits per heavy atom. The number of amides is 1. The van der Waals surface area contributed by atoms with Gasteiger partial charge >= 0.3 is 5.97 Å². The summed E-state index contributed by atoms with van der Waals surface area (Å²) < 4.78 is 4.74. The predicted molar refractivity (Wildman–Crippen MR) is 75.2 cm³/mol. The molecule has 1 fully saturated rings. The third-order valence-electron chi connectivity index (χ3n) is 2.34. The molecule has 0 atom stereocenters. The van der Waals surface area contributed by atoms with Gasteiger partial charge in [0.15, 0.2) is 5.17 Å². The van der Waals surface area contributed by atoms with Crippen molar-refractivity contribution in [3.8, 4) is 0 Å². The van der Waals surface area contributed by atoms with E-state index in [0.29, 0.717) is 26.6 Å². The molecule has 0 bridgehead atoms. The van der Waals surface area contributed by atoms with Crippen LogP contribution in [-0.2, 0) is 9.53 Å². The molecular formula is C11H13N3O3S2. The van der Waals surface area contributed by atoms with Gasteiger partial charge in [-0.3, -0.25) is 4.79 Å². The van der Waals surface area contributed by atoms with Crippen molar-refractivity contribution in [2.75, 3.05) is 12.9 Å². The molecule has 8 heteroatoms. The maximum Gasteiger partial charge on any atom is 0.350 e. The minimum absolute atomic E-state index is 0.0717. The highest BCUT2D eigenvalue weighted by atomic mass is 32.2. The first-order chi connectivity index (χ1) is 9.01. The molecule has 2 heterocycles. The lowest BCUT2D eigenvalue weighted by atomic mass is 10.1. The van der Waals surface area contributed by atoms with E-state index in [9.17, 15) is 9.59 Å².